The highest BCUT2D eigenvalue weighted by atomic mass is 32.2. The Morgan fingerprint density at radius 3 is 2.67 bits per heavy atom. The summed E-state index contributed by atoms with van der Waals surface area (Å²) in [5.41, 5.74) is 0. The standard InChI is InChI=1S/C4H5NO3S/c1-3-4(9(6)7)2-5-8-3/h2-3H,1H3. The zero-order valence-corrected chi connectivity index (χ0v) is 5.55. The third kappa shape index (κ3) is 1.10. The number of rotatable bonds is 0. The first kappa shape index (κ1) is 6.28. The van der Waals surface area contributed by atoms with Crippen molar-refractivity contribution in [2.45, 2.75) is 13.0 Å². The van der Waals surface area contributed by atoms with E-state index >= 15 is 0 Å². The number of hydrogen-bond acceptors (Lipinski definition) is 4. The monoisotopic (exact) mass is 147 g/mol. The molecule has 0 aromatic heterocycles. The van der Waals surface area contributed by atoms with E-state index in [2.05, 4.69) is 9.99 Å². The highest BCUT2D eigenvalue weighted by Crippen LogP contribution is 1.98. The minimum Gasteiger partial charge on any atom is -0.387 e. The summed E-state index contributed by atoms with van der Waals surface area (Å²) in [6, 6.07) is 0. The summed E-state index contributed by atoms with van der Waals surface area (Å²) >= 11 is 0. The van der Waals surface area contributed by atoms with Gasteiger partial charge in [-0.05, 0) is 6.92 Å². The van der Waals surface area contributed by atoms with Gasteiger partial charge in [-0.2, -0.15) is 8.42 Å². The van der Waals surface area contributed by atoms with E-state index in [1.165, 1.54) is 6.21 Å². The van der Waals surface area contributed by atoms with Crippen LogP contribution in [0.4, 0.5) is 0 Å². The highest BCUT2D eigenvalue weighted by molar-refractivity contribution is 7.74. The third-order valence-corrected chi connectivity index (χ3v) is 1.81. The molecule has 0 bridgehead atoms. The van der Waals surface area contributed by atoms with Gasteiger partial charge in [0.2, 0.25) is 10.3 Å². The average molecular weight is 147 g/mol. The third-order valence-electron chi connectivity index (χ3n) is 0.992. The molecular weight excluding hydrogens is 142 g/mol. The second-order valence-electron chi connectivity index (χ2n) is 1.62. The molecule has 0 saturated carbocycles. The van der Waals surface area contributed by atoms with Gasteiger partial charge in [0.15, 0.2) is 6.10 Å². The van der Waals surface area contributed by atoms with Crippen LogP contribution in [0.25, 0.3) is 0 Å². The van der Waals surface area contributed by atoms with Gasteiger partial charge in [-0.15, -0.1) is 0 Å². The molecule has 9 heavy (non-hydrogen) atoms. The number of hydrogen-bond donors (Lipinski definition) is 0. The Labute approximate surface area is 53.7 Å². The Hall–Kier alpha value is -0.840. The van der Waals surface area contributed by atoms with Crippen molar-refractivity contribution in [2.24, 2.45) is 5.16 Å². The van der Waals surface area contributed by atoms with E-state index in [4.69, 9.17) is 0 Å². The first-order valence-electron chi connectivity index (χ1n) is 2.37. The quantitative estimate of drug-likeness (QED) is 0.432. The zero-order chi connectivity index (χ0) is 6.85. The van der Waals surface area contributed by atoms with Gasteiger partial charge in [0, 0.05) is 0 Å². The van der Waals surface area contributed by atoms with Crippen LogP contribution in [-0.4, -0.2) is 25.6 Å². The lowest BCUT2D eigenvalue weighted by Crippen LogP contribution is -2.13. The van der Waals surface area contributed by atoms with Gasteiger partial charge in [-0.3, -0.25) is 0 Å². The molecule has 0 amide bonds. The highest BCUT2D eigenvalue weighted by Gasteiger charge is 2.16. The van der Waals surface area contributed by atoms with E-state index < -0.39 is 16.4 Å². The van der Waals surface area contributed by atoms with Gasteiger partial charge >= 0.3 is 0 Å². The SMILES string of the molecule is CC1ON=CC1=S(=O)=O. The van der Waals surface area contributed by atoms with Crippen LogP contribution in [0.15, 0.2) is 5.16 Å². The molecule has 0 N–H and O–H groups in total. The summed E-state index contributed by atoms with van der Waals surface area (Å²) in [5, 5.41) is 3.31. The smallest absolute Gasteiger partial charge is 0.222 e. The van der Waals surface area contributed by atoms with Gasteiger partial charge in [0.05, 0.1) is 6.21 Å². The summed E-state index contributed by atoms with van der Waals surface area (Å²) in [7, 11) is -2.18. The molecule has 0 spiro atoms. The van der Waals surface area contributed by atoms with Crippen LogP contribution in [0.1, 0.15) is 6.92 Å². The van der Waals surface area contributed by atoms with Crippen molar-refractivity contribution in [1.82, 2.24) is 0 Å². The number of nitrogens with zero attached hydrogens (tertiary/aromatic N) is 1. The molecule has 0 radical (unpaired) electrons. The maximum Gasteiger partial charge on any atom is 0.222 e. The maximum atomic E-state index is 10.2. The summed E-state index contributed by atoms with van der Waals surface area (Å²) in [4.78, 5) is 4.77. The van der Waals surface area contributed by atoms with Crippen molar-refractivity contribution in [2.75, 3.05) is 0 Å². The topological polar surface area (TPSA) is 55.7 Å². The van der Waals surface area contributed by atoms with E-state index in [1.807, 2.05) is 0 Å². The second-order valence-corrected chi connectivity index (χ2v) is 2.56. The van der Waals surface area contributed by atoms with Gasteiger partial charge < -0.3 is 4.84 Å². The van der Waals surface area contributed by atoms with Crippen molar-refractivity contribution in [3.63, 3.8) is 0 Å². The molecule has 1 unspecified atom stereocenters. The zero-order valence-electron chi connectivity index (χ0n) is 4.73. The molecule has 1 aliphatic rings. The summed E-state index contributed by atoms with van der Waals surface area (Å²) < 4.78 is 20.4. The van der Waals surface area contributed by atoms with Crippen LogP contribution in [0.5, 0.6) is 0 Å². The molecule has 5 heteroatoms. The lowest BCUT2D eigenvalue weighted by Gasteiger charge is -1.94. The van der Waals surface area contributed by atoms with Crippen LogP contribution in [0.2, 0.25) is 0 Å². The van der Waals surface area contributed by atoms with E-state index in [-0.39, 0.29) is 4.86 Å². The molecule has 0 aliphatic carbocycles. The predicted molar refractivity (Wildman–Crippen MR) is 33.0 cm³/mol. The van der Waals surface area contributed by atoms with Crippen LogP contribution in [0.3, 0.4) is 0 Å². The minimum atomic E-state index is -2.18. The molecule has 0 aromatic rings. The first-order valence-corrected chi connectivity index (χ1v) is 3.44. The lowest BCUT2D eigenvalue weighted by molar-refractivity contribution is 0.133. The van der Waals surface area contributed by atoms with Crippen LogP contribution >= 0.6 is 0 Å². The van der Waals surface area contributed by atoms with Crippen molar-refractivity contribution < 1.29 is 13.3 Å². The van der Waals surface area contributed by atoms with Crippen molar-refractivity contribution in [3.05, 3.63) is 0 Å². The molecule has 0 fully saturated rings. The van der Waals surface area contributed by atoms with E-state index in [0.29, 0.717) is 0 Å². The molecule has 50 valence electrons. The summed E-state index contributed by atoms with van der Waals surface area (Å²) in [6.07, 6.45) is 0.789. The van der Waals surface area contributed by atoms with Crippen molar-refractivity contribution >= 4 is 21.4 Å². The Balaban J connectivity index is 3.11. The predicted octanol–water partition coefficient (Wildman–Crippen LogP) is -0.558. The molecule has 0 saturated heterocycles. The Morgan fingerprint density at radius 2 is 2.44 bits per heavy atom. The molecule has 1 atom stereocenters. The van der Waals surface area contributed by atoms with Crippen LogP contribution in [-0.2, 0) is 15.1 Å². The fraction of sp³-hybridized carbons (Fsp3) is 0.500. The molecule has 0 aromatic carbocycles. The van der Waals surface area contributed by atoms with Gasteiger partial charge in [0.1, 0.15) is 4.86 Å². The summed E-state index contributed by atoms with van der Waals surface area (Å²) in [5.74, 6) is 0. The van der Waals surface area contributed by atoms with Gasteiger partial charge in [-0.1, -0.05) is 5.16 Å². The van der Waals surface area contributed by atoms with Gasteiger partial charge in [0.25, 0.3) is 0 Å². The van der Waals surface area contributed by atoms with Crippen LogP contribution < -0.4 is 0 Å². The van der Waals surface area contributed by atoms with E-state index in [9.17, 15) is 8.42 Å². The Morgan fingerprint density at radius 1 is 1.78 bits per heavy atom. The van der Waals surface area contributed by atoms with Gasteiger partial charge in [-0.25, -0.2) is 0 Å². The lowest BCUT2D eigenvalue weighted by atomic mass is 10.3. The van der Waals surface area contributed by atoms with E-state index in [0.717, 1.165) is 0 Å². The summed E-state index contributed by atoms with van der Waals surface area (Å²) in [6.45, 7) is 1.62. The average Bonchev–Trinajstić information content (AvgIpc) is 2.13. The molecule has 1 aliphatic heterocycles. The largest absolute Gasteiger partial charge is 0.387 e. The fourth-order valence-electron chi connectivity index (χ4n) is 0.509. The molecule has 4 nitrogen and oxygen atoms in total. The molecular formula is C4H5NO3S. The molecule has 1 heterocycles. The second kappa shape index (κ2) is 2.18. The Bertz CT molecular complexity index is 256. The molecule has 1 rings (SSSR count). The Kier molecular flexibility index (Phi) is 1.52. The minimum absolute atomic E-state index is 0.204. The van der Waals surface area contributed by atoms with Crippen molar-refractivity contribution in [1.29, 1.82) is 0 Å². The maximum absolute atomic E-state index is 10.2. The first-order chi connectivity index (χ1) is 4.22. The van der Waals surface area contributed by atoms with Crippen molar-refractivity contribution in [3.8, 4) is 0 Å². The number of oxime groups is 1. The fourth-order valence-corrected chi connectivity index (χ4v) is 0.952. The normalized spacial score (nSPS) is 24.1. The van der Waals surface area contributed by atoms with E-state index in [1.54, 1.807) is 6.92 Å². The van der Waals surface area contributed by atoms with Crippen LogP contribution in [0, 0.1) is 0 Å².